The van der Waals surface area contributed by atoms with Crippen molar-refractivity contribution in [3.8, 4) is 0 Å². The molecule has 0 saturated carbocycles. The van der Waals surface area contributed by atoms with Crippen LogP contribution in [0.1, 0.15) is 23.0 Å². The van der Waals surface area contributed by atoms with E-state index in [1.54, 1.807) is 29.6 Å². The SMILES string of the molecule is CC(=O)N(c1nc(/C=C/C(=O)c2ccccc2)cs1)c1ccc(F)cc1F. The first-order valence-corrected chi connectivity index (χ1v) is 8.82. The molecule has 4 nitrogen and oxygen atoms in total. The molecule has 0 atom stereocenters. The van der Waals surface area contributed by atoms with Crippen molar-refractivity contribution < 1.29 is 18.4 Å². The van der Waals surface area contributed by atoms with E-state index in [1.807, 2.05) is 6.07 Å². The number of nitrogens with zero attached hydrogens (tertiary/aromatic N) is 2. The topological polar surface area (TPSA) is 50.3 Å². The Morgan fingerprint density at radius 3 is 2.52 bits per heavy atom. The zero-order chi connectivity index (χ0) is 19.4. The fourth-order valence-corrected chi connectivity index (χ4v) is 3.23. The number of allylic oxidation sites excluding steroid dienone is 1. The van der Waals surface area contributed by atoms with Gasteiger partial charge in [-0.3, -0.25) is 14.5 Å². The predicted octanol–water partition coefficient (Wildman–Crippen LogP) is 5.00. The molecule has 2 aromatic carbocycles. The molecule has 136 valence electrons. The lowest BCUT2D eigenvalue weighted by molar-refractivity contribution is -0.115. The van der Waals surface area contributed by atoms with Gasteiger partial charge in [-0.15, -0.1) is 11.3 Å². The lowest BCUT2D eigenvalue weighted by Gasteiger charge is -2.18. The lowest BCUT2D eigenvalue weighted by atomic mass is 10.1. The van der Waals surface area contributed by atoms with Crippen LogP contribution in [0.2, 0.25) is 0 Å². The second-order valence-corrected chi connectivity index (χ2v) is 6.41. The number of ketones is 1. The van der Waals surface area contributed by atoms with Crippen molar-refractivity contribution in [1.29, 1.82) is 0 Å². The van der Waals surface area contributed by atoms with E-state index in [9.17, 15) is 18.4 Å². The quantitative estimate of drug-likeness (QED) is 0.459. The van der Waals surface area contributed by atoms with Crippen LogP contribution in [0, 0.1) is 11.6 Å². The van der Waals surface area contributed by atoms with E-state index in [1.165, 1.54) is 25.1 Å². The maximum atomic E-state index is 14.1. The highest BCUT2D eigenvalue weighted by atomic mass is 32.1. The van der Waals surface area contributed by atoms with Gasteiger partial charge >= 0.3 is 0 Å². The third-order valence-corrected chi connectivity index (χ3v) is 4.47. The van der Waals surface area contributed by atoms with E-state index < -0.39 is 17.5 Å². The molecule has 0 N–H and O–H groups in total. The minimum Gasteiger partial charge on any atom is -0.289 e. The van der Waals surface area contributed by atoms with Gasteiger partial charge in [-0.05, 0) is 24.3 Å². The summed E-state index contributed by atoms with van der Waals surface area (Å²) in [5.41, 5.74) is 0.908. The summed E-state index contributed by atoms with van der Waals surface area (Å²) in [7, 11) is 0. The van der Waals surface area contributed by atoms with E-state index in [-0.39, 0.29) is 16.6 Å². The minimum atomic E-state index is -0.864. The highest BCUT2D eigenvalue weighted by Crippen LogP contribution is 2.31. The summed E-state index contributed by atoms with van der Waals surface area (Å²) in [6.45, 7) is 1.26. The van der Waals surface area contributed by atoms with Crippen LogP contribution in [0.3, 0.4) is 0 Å². The van der Waals surface area contributed by atoms with Gasteiger partial charge in [0.2, 0.25) is 5.91 Å². The molecule has 0 bridgehead atoms. The Morgan fingerprint density at radius 1 is 1.11 bits per heavy atom. The second kappa shape index (κ2) is 8.01. The molecular weight excluding hydrogens is 370 g/mol. The van der Waals surface area contributed by atoms with Gasteiger partial charge in [0.1, 0.15) is 11.6 Å². The molecule has 0 aliphatic carbocycles. The average molecular weight is 384 g/mol. The van der Waals surface area contributed by atoms with Crippen LogP contribution in [0.4, 0.5) is 19.6 Å². The summed E-state index contributed by atoms with van der Waals surface area (Å²) < 4.78 is 27.2. The number of anilines is 2. The van der Waals surface area contributed by atoms with Crippen LogP contribution in [0.15, 0.2) is 60.0 Å². The van der Waals surface area contributed by atoms with Crippen molar-refractivity contribution in [1.82, 2.24) is 4.98 Å². The number of rotatable bonds is 5. The number of benzene rings is 2. The molecule has 7 heteroatoms. The number of thiazole rings is 1. The number of carbonyl (C=O) groups excluding carboxylic acids is 2. The van der Waals surface area contributed by atoms with Crippen molar-refractivity contribution in [2.45, 2.75) is 6.92 Å². The molecule has 1 aromatic heterocycles. The summed E-state index contributed by atoms with van der Waals surface area (Å²) in [4.78, 5) is 29.4. The molecule has 0 fully saturated rings. The Labute approximate surface area is 158 Å². The van der Waals surface area contributed by atoms with E-state index in [0.717, 1.165) is 22.3 Å². The molecule has 0 radical (unpaired) electrons. The normalized spacial score (nSPS) is 10.9. The Kier molecular flexibility index (Phi) is 5.52. The van der Waals surface area contributed by atoms with Crippen molar-refractivity contribution in [2.24, 2.45) is 0 Å². The molecule has 3 aromatic rings. The Bertz CT molecular complexity index is 1020. The molecule has 3 rings (SSSR count). The predicted molar refractivity (Wildman–Crippen MR) is 101 cm³/mol. The van der Waals surface area contributed by atoms with Crippen molar-refractivity contribution in [3.63, 3.8) is 0 Å². The van der Waals surface area contributed by atoms with Gasteiger partial charge in [-0.2, -0.15) is 0 Å². The maximum absolute atomic E-state index is 14.1. The zero-order valence-corrected chi connectivity index (χ0v) is 15.0. The highest BCUT2D eigenvalue weighted by molar-refractivity contribution is 7.14. The maximum Gasteiger partial charge on any atom is 0.230 e. The molecule has 1 amide bonds. The van der Waals surface area contributed by atoms with Crippen LogP contribution in [0.5, 0.6) is 0 Å². The zero-order valence-electron chi connectivity index (χ0n) is 14.2. The number of carbonyl (C=O) groups is 2. The van der Waals surface area contributed by atoms with Gasteiger partial charge in [-0.1, -0.05) is 30.3 Å². The molecule has 1 heterocycles. The largest absolute Gasteiger partial charge is 0.289 e. The Hall–Kier alpha value is -3.19. The number of aromatic nitrogens is 1. The number of amides is 1. The molecule has 0 aliphatic heterocycles. The molecule has 0 aliphatic rings. The van der Waals surface area contributed by atoms with Crippen LogP contribution >= 0.6 is 11.3 Å². The fourth-order valence-electron chi connectivity index (χ4n) is 2.39. The second-order valence-electron chi connectivity index (χ2n) is 5.57. The minimum absolute atomic E-state index is 0.0888. The molecule has 0 spiro atoms. The summed E-state index contributed by atoms with van der Waals surface area (Å²) >= 11 is 1.11. The van der Waals surface area contributed by atoms with Crippen LogP contribution in [-0.4, -0.2) is 16.7 Å². The Morgan fingerprint density at radius 2 is 1.85 bits per heavy atom. The van der Waals surface area contributed by atoms with E-state index in [4.69, 9.17) is 0 Å². The smallest absolute Gasteiger partial charge is 0.230 e. The first-order chi connectivity index (χ1) is 13.0. The molecule has 27 heavy (non-hydrogen) atoms. The Balaban J connectivity index is 1.85. The van der Waals surface area contributed by atoms with Gasteiger partial charge in [0.25, 0.3) is 0 Å². The summed E-state index contributed by atoms with van der Waals surface area (Å²) in [6, 6.07) is 11.7. The molecule has 0 unspecified atom stereocenters. The monoisotopic (exact) mass is 384 g/mol. The van der Waals surface area contributed by atoms with Gasteiger partial charge in [0, 0.05) is 23.9 Å². The molecular formula is C20H14F2N2O2S. The number of halogens is 2. The van der Waals surface area contributed by atoms with Gasteiger partial charge in [0.05, 0.1) is 11.4 Å². The van der Waals surface area contributed by atoms with Gasteiger partial charge < -0.3 is 0 Å². The van der Waals surface area contributed by atoms with Crippen molar-refractivity contribution in [3.05, 3.63) is 82.9 Å². The third kappa shape index (κ3) is 4.32. The number of hydrogen-bond acceptors (Lipinski definition) is 4. The molecule has 0 saturated heterocycles. The first kappa shape index (κ1) is 18.6. The number of hydrogen-bond donors (Lipinski definition) is 0. The van der Waals surface area contributed by atoms with Gasteiger partial charge in [0.15, 0.2) is 10.9 Å². The van der Waals surface area contributed by atoms with E-state index >= 15 is 0 Å². The van der Waals surface area contributed by atoms with Gasteiger partial charge in [-0.25, -0.2) is 13.8 Å². The standard InChI is InChI=1S/C20H14F2N2O2S/c1-13(25)24(18-9-7-15(21)11-17(18)22)20-23-16(12-27-20)8-10-19(26)14-5-3-2-4-6-14/h2-12H,1H3/b10-8+. The fraction of sp³-hybridized carbons (Fsp3) is 0.0500. The first-order valence-electron chi connectivity index (χ1n) is 7.94. The third-order valence-electron chi connectivity index (χ3n) is 3.63. The van der Waals surface area contributed by atoms with Crippen LogP contribution < -0.4 is 4.90 Å². The van der Waals surface area contributed by atoms with Crippen molar-refractivity contribution >= 4 is 39.9 Å². The highest BCUT2D eigenvalue weighted by Gasteiger charge is 2.21. The van der Waals surface area contributed by atoms with Crippen molar-refractivity contribution in [2.75, 3.05) is 4.90 Å². The van der Waals surface area contributed by atoms with Crippen LogP contribution in [0.25, 0.3) is 6.08 Å². The van der Waals surface area contributed by atoms with E-state index in [2.05, 4.69) is 4.98 Å². The summed E-state index contributed by atoms with van der Waals surface area (Å²) in [5, 5.41) is 1.86. The van der Waals surface area contributed by atoms with E-state index in [0.29, 0.717) is 17.3 Å². The average Bonchev–Trinajstić information content (AvgIpc) is 3.10. The summed E-state index contributed by atoms with van der Waals surface area (Å²) in [6.07, 6.45) is 2.90. The summed E-state index contributed by atoms with van der Waals surface area (Å²) in [5.74, 6) is -2.25. The van der Waals surface area contributed by atoms with Crippen LogP contribution in [-0.2, 0) is 4.79 Å². The lowest BCUT2D eigenvalue weighted by Crippen LogP contribution is -2.23.